The van der Waals surface area contributed by atoms with E-state index in [2.05, 4.69) is 9.82 Å². The molecule has 0 aliphatic carbocycles. The lowest BCUT2D eigenvalue weighted by Crippen LogP contribution is -2.14. The van der Waals surface area contributed by atoms with Crippen molar-refractivity contribution in [2.75, 3.05) is 17.9 Å². The first kappa shape index (κ1) is 21.7. The van der Waals surface area contributed by atoms with Crippen molar-refractivity contribution >= 4 is 15.7 Å². The Balaban J connectivity index is 1.77. The molecule has 0 bridgehead atoms. The summed E-state index contributed by atoms with van der Waals surface area (Å²) in [7, 11) is -3.69. The maximum atomic E-state index is 12.8. The molecule has 0 atom stereocenters. The number of ether oxygens (including phenoxy) is 2. The Kier molecular flexibility index (Phi) is 6.66. The number of aryl methyl sites for hydroxylation is 2. The molecule has 7 nitrogen and oxygen atoms in total. The van der Waals surface area contributed by atoms with E-state index in [4.69, 9.17) is 9.47 Å². The third-order valence-corrected chi connectivity index (χ3v) is 5.99. The van der Waals surface area contributed by atoms with Gasteiger partial charge in [-0.25, -0.2) is 8.42 Å². The van der Waals surface area contributed by atoms with Crippen LogP contribution in [0.3, 0.4) is 0 Å². The Labute approximate surface area is 177 Å². The molecule has 2 aromatic carbocycles. The first-order valence-corrected chi connectivity index (χ1v) is 11.3. The molecule has 160 valence electrons. The topological polar surface area (TPSA) is 82.5 Å². The summed E-state index contributed by atoms with van der Waals surface area (Å²) < 4.78 is 41.1. The van der Waals surface area contributed by atoms with Crippen LogP contribution in [0, 0.1) is 13.8 Å². The molecule has 1 aromatic heterocycles. The third-order valence-electron chi connectivity index (χ3n) is 4.47. The van der Waals surface area contributed by atoms with Gasteiger partial charge in [-0.3, -0.25) is 9.40 Å². The van der Waals surface area contributed by atoms with Crippen LogP contribution in [0.4, 0.5) is 5.69 Å². The number of sulfonamides is 1. The van der Waals surface area contributed by atoms with E-state index in [1.54, 1.807) is 29.9 Å². The summed E-state index contributed by atoms with van der Waals surface area (Å²) in [6.07, 6.45) is 3.17. The zero-order chi connectivity index (χ0) is 21.7. The first-order valence-electron chi connectivity index (χ1n) is 9.83. The van der Waals surface area contributed by atoms with Crippen molar-refractivity contribution in [2.24, 2.45) is 0 Å². The molecule has 8 heteroatoms. The van der Waals surface area contributed by atoms with Crippen molar-refractivity contribution < 1.29 is 17.9 Å². The fourth-order valence-corrected chi connectivity index (χ4v) is 4.45. The van der Waals surface area contributed by atoms with Gasteiger partial charge in [-0.1, -0.05) is 18.2 Å². The molecule has 0 unspecified atom stereocenters. The van der Waals surface area contributed by atoms with Gasteiger partial charge in [0.25, 0.3) is 10.0 Å². The van der Waals surface area contributed by atoms with Gasteiger partial charge in [-0.05, 0) is 62.6 Å². The molecule has 0 saturated heterocycles. The highest BCUT2D eigenvalue weighted by atomic mass is 32.2. The van der Waals surface area contributed by atoms with Crippen LogP contribution in [-0.2, 0) is 16.6 Å². The van der Waals surface area contributed by atoms with Crippen LogP contribution in [0.2, 0.25) is 0 Å². The number of hydrogen-bond acceptors (Lipinski definition) is 5. The molecule has 0 radical (unpaired) electrons. The Bertz CT molecular complexity index is 1120. The number of anilines is 1. The van der Waals surface area contributed by atoms with E-state index >= 15 is 0 Å². The fraction of sp³-hybridized carbons (Fsp3) is 0.318. The smallest absolute Gasteiger partial charge is 0.262 e. The SMILES string of the molecule is CCOc1ccc(Cn2cc(NS(=O)(=O)c3cc(C)ccc3C)cn2)cc1OCC. The molecule has 3 aromatic rings. The summed E-state index contributed by atoms with van der Waals surface area (Å²) >= 11 is 0. The summed E-state index contributed by atoms with van der Waals surface area (Å²) in [6.45, 7) is 9.05. The van der Waals surface area contributed by atoms with Crippen molar-refractivity contribution in [3.05, 3.63) is 65.5 Å². The molecule has 0 aliphatic rings. The maximum absolute atomic E-state index is 12.8. The average molecular weight is 430 g/mol. The summed E-state index contributed by atoms with van der Waals surface area (Å²) in [5.41, 5.74) is 2.96. The molecule has 0 saturated carbocycles. The normalized spacial score (nSPS) is 11.3. The molecule has 1 heterocycles. The highest BCUT2D eigenvalue weighted by molar-refractivity contribution is 7.92. The van der Waals surface area contributed by atoms with Gasteiger partial charge in [0.2, 0.25) is 0 Å². The third kappa shape index (κ3) is 5.13. The quantitative estimate of drug-likeness (QED) is 0.553. The van der Waals surface area contributed by atoms with Crippen molar-refractivity contribution in [3.8, 4) is 11.5 Å². The van der Waals surface area contributed by atoms with E-state index < -0.39 is 10.0 Å². The molecule has 0 spiro atoms. The van der Waals surface area contributed by atoms with E-state index in [1.807, 2.05) is 45.0 Å². The maximum Gasteiger partial charge on any atom is 0.262 e. The molecule has 0 aliphatic heterocycles. The van der Waals surface area contributed by atoms with Gasteiger partial charge in [0.15, 0.2) is 11.5 Å². The minimum absolute atomic E-state index is 0.267. The monoisotopic (exact) mass is 429 g/mol. The zero-order valence-electron chi connectivity index (χ0n) is 17.7. The molecule has 0 fully saturated rings. The minimum atomic E-state index is -3.69. The number of rotatable bonds is 9. The van der Waals surface area contributed by atoms with Gasteiger partial charge in [0, 0.05) is 6.20 Å². The Morgan fingerprint density at radius 1 is 1.00 bits per heavy atom. The van der Waals surface area contributed by atoms with E-state index in [1.165, 1.54) is 6.20 Å². The zero-order valence-corrected chi connectivity index (χ0v) is 18.5. The highest BCUT2D eigenvalue weighted by Gasteiger charge is 2.18. The number of hydrogen-bond donors (Lipinski definition) is 1. The lowest BCUT2D eigenvalue weighted by atomic mass is 10.2. The van der Waals surface area contributed by atoms with Crippen LogP contribution in [0.25, 0.3) is 0 Å². The van der Waals surface area contributed by atoms with Gasteiger partial charge < -0.3 is 9.47 Å². The van der Waals surface area contributed by atoms with Crippen LogP contribution < -0.4 is 14.2 Å². The summed E-state index contributed by atoms with van der Waals surface area (Å²) in [5, 5.41) is 4.28. The van der Waals surface area contributed by atoms with Gasteiger partial charge in [-0.2, -0.15) is 5.10 Å². The number of aromatic nitrogens is 2. The van der Waals surface area contributed by atoms with E-state index in [-0.39, 0.29) is 4.90 Å². The Morgan fingerprint density at radius 3 is 2.47 bits per heavy atom. The number of nitrogens with one attached hydrogen (secondary N) is 1. The largest absolute Gasteiger partial charge is 0.490 e. The van der Waals surface area contributed by atoms with Crippen LogP contribution in [0.5, 0.6) is 11.5 Å². The second-order valence-electron chi connectivity index (χ2n) is 6.95. The molecule has 30 heavy (non-hydrogen) atoms. The van der Waals surface area contributed by atoms with Gasteiger partial charge in [0.1, 0.15) is 0 Å². The number of benzene rings is 2. The van der Waals surface area contributed by atoms with Crippen LogP contribution in [-0.4, -0.2) is 31.4 Å². The van der Waals surface area contributed by atoms with Gasteiger partial charge in [-0.15, -0.1) is 0 Å². The molecule has 1 N–H and O–H groups in total. The van der Waals surface area contributed by atoms with Crippen LogP contribution >= 0.6 is 0 Å². The molecule has 0 amide bonds. The Hall–Kier alpha value is -3.00. The fourth-order valence-electron chi connectivity index (χ4n) is 3.09. The first-order chi connectivity index (χ1) is 14.3. The van der Waals surface area contributed by atoms with Crippen molar-refractivity contribution in [1.82, 2.24) is 9.78 Å². The highest BCUT2D eigenvalue weighted by Crippen LogP contribution is 2.29. The molecule has 3 rings (SSSR count). The second-order valence-corrected chi connectivity index (χ2v) is 8.60. The lowest BCUT2D eigenvalue weighted by molar-refractivity contribution is 0.287. The van der Waals surface area contributed by atoms with Gasteiger partial charge >= 0.3 is 0 Å². The second kappa shape index (κ2) is 9.21. The van der Waals surface area contributed by atoms with Crippen LogP contribution in [0.1, 0.15) is 30.5 Å². The standard InChI is InChI=1S/C22H27N3O4S/c1-5-28-20-10-9-18(12-21(20)29-6-2)14-25-15-19(13-23-25)24-30(26,27)22-11-16(3)7-8-17(22)4/h7-13,15,24H,5-6,14H2,1-4H3. The predicted octanol–water partition coefficient (Wildman–Crippen LogP) is 4.15. The van der Waals surface area contributed by atoms with Crippen molar-refractivity contribution in [2.45, 2.75) is 39.1 Å². The van der Waals surface area contributed by atoms with E-state index in [9.17, 15) is 8.42 Å². The Morgan fingerprint density at radius 2 is 1.73 bits per heavy atom. The van der Waals surface area contributed by atoms with Crippen LogP contribution in [0.15, 0.2) is 53.7 Å². The average Bonchev–Trinajstić information content (AvgIpc) is 3.12. The van der Waals surface area contributed by atoms with E-state index in [0.717, 1.165) is 11.1 Å². The predicted molar refractivity (Wildman–Crippen MR) is 117 cm³/mol. The molecular formula is C22H27N3O4S. The van der Waals surface area contributed by atoms with Gasteiger partial charge in [0.05, 0.1) is 36.5 Å². The summed E-state index contributed by atoms with van der Waals surface area (Å²) in [4.78, 5) is 0.267. The molecular weight excluding hydrogens is 402 g/mol. The number of nitrogens with zero attached hydrogens (tertiary/aromatic N) is 2. The lowest BCUT2D eigenvalue weighted by Gasteiger charge is -2.12. The van der Waals surface area contributed by atoms with Crippen molar-refractivity contribution in [1.29, 1.82) is 0 Å². The summed E-state index contributed by atoms with van der Waals surface area (Å²) in [6, 6.07) is 11.1. The van der Waals surface area contributed by atoms with Crippen molar-refractivity contribution in [3.63, 3.8) is 0 Å². The summed E-state index contributed by atoms with van der Waals surface area (Å²) in [5.74, 6) is 1.38. The van der Waals surface area contributed by atoms with E-state index in [0.29, 0.717) is 42.5 Å². The minimum Gasteiger partial charge on any atom is -0.490 e.